The molecule has 0 spiro atoms. The maximum atomic E-state index is 10.9. The molecule has 0 bridgehead atoms. The summed E-state index contributed by atoms with van der Waals surface area (Å²) in [6, 6.07) is 12.3. The minimum absolute atomic E-state index is 0.724. The first-order valence-corrected chi connectivity index (χ1v) is 9.34. The number of aromatic nitrogens is 2. The quantitative estimate of drug-likeness (QED) is 0.324. The summed E-state index contributed by atoms with van der Waals surface area (Å²) < 4.78 is 3.32. The molecule has 2 aromatic heterocycles. The van der Waals surface area contributed by atoms with Crippen LogP contribution in [0.1, 0.15) is 10.4 Å². The number of fused-ring (bicyclic) bond motifs is 2. The second-order valence-corrected chi connectivity index (χ2v) is 7.95. The Morgan fingerprint density at radius 1 is 1.19 bits per heavy atom. The fourth-order valence-electron chi connectivity index (χ4n) is 2.54. The molecule has 2 heterocycles. The van der Waals surface area contributed by atoms with Gasteiger partial charge in [-0.25, -0.2) is 0 Å². The van der Waals surface area contributed by atoms with Gasteiger partial charge in [0.15, 0.2) is 0 Å². The molecule has 0 aliphatic carbocycles. The molecule has 4 aromatic rings. The molecule has 0 saturated heterocycles. The van der Waals surface area contributed by atoms with Crippen molar-refractivity contribution in [2.24, 2.45) is 0 Å². The number of carbonyl (C=O) groups excluding carboxylic acids is 1. The zero-order chi connectivity index (χ0) is 14.4. The molecule has 0 amide bonds. The molecule has 98 valence electrons. The van der Waals surface area contributed by atoms with E-state index in [0.29, 0.717) is 0 Å². The number of aldehydes is 1. The van der Waals surface area contributed by atoms with Crippen molar-refractivity contribution in [1.29, 1.82) is 0 Å². The van der Waals surface area contributed by atoms with Crippen molar-refractivity contribution in [1.82, 2.24) is 7.36 Å². The molecule has 0 saturated carbocycles. The van der Waals surface area contributed by atoms with Crippen LogP contribution in [0.5, 0.6) is 0 Å². The Balaban J connectivity index is 1.93. The van der Waals surface area contributed by atoms with Gasteiger partial charge in [0.1, 0.15) is 0 Å². The minimum atomic E-state index is 0.724. The summed E-state index contributed by atoms with van der Waals surface area (Å²) in [5.74, 6) is 0. The van der Waals surface area contributed by atoms with E-state index in [9.17, 15) is 4.79 Å². The molecule has 21 heavy (non-hydrogen) atoms. The van der Waals surface area contributed by atoms with Crippen molar-refractivity contribution in [3.8, 4) is 11.1 Å². The van der Waals surface area contributed by atoms with Crippen LogP contribution in [0.4, 0.5) is 0 Å². The van der Waals surface area contributed by atoms with E-state index in [0.717, 1.165) is 48.1 Å². The van der Waals surface area contributed by atoms with E-state index in [1.54, 1.807) is 11.3 Å². The molecule has 0 atom stereocenters. The monoisotopic (exact) mass is 482 g/mol. The molecule has 0 radical (unpaired) electrons. The van der Waals surface area contributed by atoms with Crippen LogP contribution >= 0.6 is 11.3 Å². The zero-order valence-electron chi connectivity index (χ0n) is 11.0. The van der Waals surface area contributed by atoms with E-state index in [-0.39, 0.29) is 0 Å². The number of benzene rings is 2. The van der Waals surface area contributed by atoms with Crippen LogP contribution in [0.15, 0.2) is 48.1 Å². The summed E-state index contributed by atoms with van der Waals surface area (Å²) in [4.78, 5) is 15.3. The average molecular weight is 482 g/mol. The van der Waals surface area contributed by atoms with Gasteiger partial charge in [-0.05, 0) is 0 Å². The predicted octanol–water partition coefficient (Wildman–Crippen LogP) is 3.66. The van der Waals surface area contributed by atoms with Gasteiger partial charge in [0.25, 0.3) is 0 Å². The van der Waals surface area contributed by atoms with Crippen molar-refractivity contribution in [3.63, 3.8) is 0 Å². The number of nitrogens with zero attached hydrogens (tertiary/aromatic N) is 2. The van der Waals surface area contributed by atoms with Crippen LogP contribution in [0.2, 0.25) is 0 Å². The molecule has 0 aliphatic rings. The van der Waals surface area contributed by atoms with Gasteiger partial charge in [0, 0.05) is 0 Å². The van der Waals surface area contributed by atoms with Crippen LogP contribution in [0, 0.1) is 0 Å². The molecule has 0 fully saturated rings. The molecule has 5 heteroatoms. The van der Waals surface area contributed by atoms with Gasteiger partial charge < -0.3 is 0 Å². The Labute approximate surface area is 141 Å². The van der Waals surface area contributed by atoms with Crippen molar-refractivity contribution in [2.45, 2.75) is 0 Å². The molecule has 0 unspecified atom stereocenters. The first kappa shape index (κ1) is 13.1. The third-order valence-electron chi connectivity index (χ3n) is 3.62. The molecule has 2 aromatic carbocycles. The van der Waals surface area contributed by atoms with E-state index in [4.69, 9.17) is 0 Å². The summed E-state index contributed by atoms with van der Waals surface area (Å²) >= 11 is 2.40. The fraction of sp³-hybridized carbons (Fsp3) is 0. The molecule has 3 nitrogen and oxygen atoms in total. The van der Waals surface area contributed by atoms with E-state index < -0.39 is 0 Å². The maximum absolute atomic E-state index is 10.9. The number of hydrogen-bond acceptors (Lipinski definition) is 3. The molecule has 0 N–H and O–H groups in total. The third-order valence-corrected chi connectivity index (χ3v) is 6.17. The molecular formula is C16H9N2OSTl. The summed E-state index contributed by atoms with van der Waals surface area (Å²) in [6.45, 7) is 0. The first-order valence-electron chi connectivity index (χ1n) is 6.45. The van der Waals surface area contributed by atoms with Gasteiger partial charge in [-0.3, -0.25) is 0 Å². The Hall–Kier alpha value is -1.54. The zero-order valence-corrected chi connectivity index (χ0v) is 16.3. The summed E-state index contributed by atoms with van der Waals surface area (Å²) in [5.41, 5.74) is 5.35. The predicted molar refractivity (Wildman–Crippen MR) is 87.1 cm³/mol. The van der Waals surface area contributed by atoms with Gasteiger partial charge in [-0.2, -0.15) is 0 Å². The summed E-state index contributed by atoms with van der Waals surface area (Å²) in [7, 11) is 0. The van der Waals surface area contributed by atoms with Crippen LogP contribution in [-0.4, -0.2) is 39.7 Å². The topological polar surface area (TPSA) is 34.9 Å². The Bertz CT molecular complexity index is 986. The van der Waals surface area contributed by atoms with E-state index in [1.165, 1.54) is 22.0 Å². The fourth-order valence-corrected chi connectivity index (χ4v) is 4.67. The number of rotatable bonds is 2. The van der Waals surface area contributed by atoms with E-state index >= 15 is 0 Å². The standard InChI is InChI=1S/C16H9N2OS.Tl/c19-7-10-1-3-12-13(8-20-16(12)5-10)11-2-4-14-15(6-11)18-9-17-14;/h1-9H;/q-1;+1. The second kappa shape index (κ2) is 5.03. The third kappa shape index (κ3) is 2.13. The Kier molecular flexibility index (Phi) is 3.15. The van der Waals surface area contributed by atoms with Crippen molar-refractivity contribution >= 4 is 64.8 Å². The summed E-state index contributed by atoms with van der Waals surface area (Å²) in [6.07, 6.45) is 2.80. The average Bonchev–Trinajstić information content (AvgIpc) is 3.10. The van der Waals surface area contributed by atoms with E-state index in [1.807, 2.05) is 24.5 Å². The first-order chi connectivity index (χ1) is 10.3. The van der Waals surface area contributed by atoms with Gasteiger partial charge in [0.2, 0.25) is 0 Å². The van der Waals surface area contributed by atoms with Crippen molar-refractivity contribution in [2.75, 3.05) is 0 Å². The van der Waals surface area contributed by atoms with E-state index in [2.05, 4.69) is 30.9 Å². The Morgan fingerprint density at radius 2 is 2.10 bits per heavy atom. The Morgan fingerprint density at radius 3 is 2.95 bits per heavy atom. The molecular weight excluding hydrogens is 473 g/mol. The molecule has 4 rings (SSSR count). The number of imidazole rings is 1. The van der Waals surface area contributed by atoms with Crippen LogP contribution in [-0.2, 0) is 0 Å². The second-order valence-electron chi connectivity index (χ2n) is 4.88. The van der Waals surface area contributed by atoms with Crippen LogP contribution < -0.4 is 0 Å². The summed E-state index contributed by atoms with van der Waals surface area (Å²) in [5, 5.41) is 3.34. The van der Waals surface area contributed by atoms with Gasteiger partial charge in [-0.15, -0.1) is 0 Å². The number of carbonyl (C=O) groups is 1. The number of hydrogen-bond donors (Lipinski definition) is 0. The van der Waals surface area contributed by atoms with Crippen molar-refractivity contribution < 1.29 is 4.79 Å². The number of thiophene rings is 1. The van der Waals surface area contributed by atoms with Crippen LogP contribution in [0.3, 0.4) is 0 Å². The molecule has 0 aliphatic heterocycles. The normalized spacial score (nSPS) is 11.2. The van der Waals surface area contributed by atoms with Crippen molar-refractivity contribution in [3.05, 3.63) is 53.7 Å². The van der Waals surface area contributed by atoms with Gasteiger partial charge in [0.05, 0.1) is 0 Å². The SMILES string of the molecule is O=Cc1ccc2c(-c3ccc4c(c3)nc[n]4[Tl])csc2c1. The van der Waals surface area contributed by atoms with Gasteiger partial charge in [-0.1, -0.05) is 0 Å². The van der Waals surface area contributed by atoms with Gasteiger partial charge >= 0.3 is 142 Å². The van der Waals surface area contributed by atoms with Crippen LogP contribution in [0.25, 0.3) is 32.2 Å².